The SMILES string of the molecule is CCc1ccc([C@@H]2C(=C(O)c3ccc(OC)cc3)C(=O)C(=O)N2c2cc(C)on2)cc1. The molecular formula is C24H22N2O5. The van der Waals surface area contributed by atoms with Crippen LogP contribution in [0.3, 0.4) is 0 Å². The number of anilines is 1. The van der Waals surface area contributed by atoms with Gasteiger partial charge in [0.15, 0.2) is 5.82 Å². The van der Waals surface area contributed by atoms with E-state index in [1.807, 2.05) is 31.2 Å². The van der Waals surface area contributed by atoms with E-state index in [2.05, 4.69) is 5.16 Å². The number of Topliss-reactive ketones (excluding diaryl/α,β-unsaturated/α-hetero) is 1. The fourth-order valence-electron chi connectivity index (χ4n) is 3.69. The van der Waals surface area contributed by atoms with Gasteiger partial charge in [0.05, 0.1) is 18.7 Å². The standard InChI is InChI=1S/C24H22N2O5/c1-4-15-5-7-16(8-6-15)21-20(22(27)17-9-11-18(30-3)12-10-17)23(28)24(29)26(21)19-13-14(2)31-25-19/h5-13,21,27H,4H2,1-3H3/t21-/m1/s1. The number of aliphatic hydroxyl groups excluding tert-OH is 1. The van der Waals surface area contributed by atoms with Gasteiger partial charge in [-0.2, -0.15) is 0 Å². The Labute approximate surface area is 179 Å². The van der Waals surface area contributed by atoms with Gasteiger partial charge in [-0.05, 0) is 48.7 Å². The zero-order chi connectivity index (χ0) is 22.1. The van der Waals surface area contributed by atoms with Gasteiger partial charge in [0.1, 0.15) is 17.3 Å². The summed E-state index contributed by atoms with van der Waals surface area (Å²) in [5, 5.41) is 15.0. The largest absolute Gasteiger partial charge is 0.507 e. The third-order valence-corrected chi connectivity index (χ3v) is 5.37. The summed E-state index contributed by atoms with van der Waals surface area (Å²) in [6.07, 6.45) is 0.856. The summed E-state index contributed by atoms with van der Waals surface area (Å²) in [5.74, 6) is -0.466. The van der Waals surface area contributed by atoms with Crippen molar-refractivity contribution in [1.82, 2.24) is 5.16 Å². The van der Waals surface area contributed by atoms with Crippen molar-refractivity contribution >= 4 is 23.3 Å². The summed E-state index contributed by atoms with van der Waals surface area (Å²) in [7, 11) is 1.54. The number of benzene rings is 2. The maximum atomic E-state index is 13.0. The van der Waals surface area contributed by atoms with E-state index in [1.165, 1.54) is 4.90 Å². The lowest BCUT2D eigenvalue weighted by Crippen LogP contribution is -2.29. The number of rotatable bonds is 5. The number of amides is 1. The number of aryl methyl sites for hydroxylation is 2. The molecule has 1 aliphatic heterocycles. The van der Waals surface area contributed by atoms with Crippen LogP contribution in [0, 0.1) is 6.92 Å². The summed E-state index contributed by atoms with van der Waals surface area (Å²) in [4.78, 5) is 27.3. The molecule has 1 aromatic heterocycles. The first-order valence-electron chi connectivity index (χ1n) is 9.92. The molecule has 0 bridgehead atoms. The quantitative estimate of drug-likeness (QED) is 0.380. The topological polar surface area (TPSA) is 92.9 Å². The molecule has 4 rings (SSSR count). The Bertz CT molecular complexity index is 1160. The summed E-state index contributed by atoms with van der Waals surface area (Å²) in [6.45, 7) is 3.75. The lowest BCUT2D eigenvalue weighted by molar-refractivity contribution is -0.132. The van der Waals surface area contributed by atoms with E-state index < -0.39 is 17.7 Å². The fourth-order valence-corrected chi connectivity index (χ4v) is 3.69. The van der Waals surface area contributed by atoms with Gasteiger partial charge in [-0.3, -0.25) is 14.5 Å². The molecule has 1 fully saturated rings. The Balaban J connectivity index is 1.90. The van der Waals surface area contributed by atoms with Crippen LogP contribution in [-0.4, -0.2) is 29.1 Å². The molecule has 1 atom stereocenters. The number of ether oxygens (including phenoxy) is 1. The maximum Gasteiger partial charge on any atom is 0.301 e. The van der Waals surface area contributed by atoms with E-state index >= 15 is 0 Å². The predicted octanol–water partition coefficient (Wildman–Crippen LogP) is 4.18. The number of aliphatic hydroxyl groups is 1. The molecule has 2 aromatic carbocycles. The number of nitrogens with zero attached hydrogens (tertiary/aromatic N) is 2. The molecule has 1 saturated heterocycles. The Morgan fingerprint density at radius 2 is 1.81 bits per heavy atom. The van der Waals surface area contributed by atoms with Crippen LogP contribution in [0.2, 0.25) is 0 Å². The number of hydrogen-bond donors (Lipinski definition) is 1. The van der Waals surface area contributed by atoms with Crippen molar-refractivity contribution < 1.29 is 24.0 Å². The molecule has 0 spiro atoms. The van der Waals surface area contributed by atoms with Gasteiger partial charge in [-0.15, -0.1) is 0 Å². The number of carbonyl (C=O) groups is 2. The molecule has 1 amide bonds. The van der Waals surface area contributed by atoms with E-state index in [-0.39, 0.29) is 17.2 Å². The van der Waals surface area contributed by atoms with Gasteiger partial charge in [0.25, 0.3) is 5.78 Å². The summed E-state index contributed by atoms with van der Waals surface area (Å²) < 4.78 is 10.3. The highest BCUT2D eigenvalue weighted by molar-refractivity contribution is 6.51. The fraction of sp³-hybridized carbons (Fsp3) is 0.208. The van der Waals surface area contributed by atoms with Gasteiger partial charge in [-0.1, -0.05) is 36.3 Å². The molecule has 1 aliphatic rings. The van der Waals surface area contributed by atoms with Crippen LogP contribution in [0.25, 0.3) is 5.76 Å². The van der Waals surface area contributed by atoms with Crippen LogP contribution in [0.1, 0.15) is 35.4 Å². The molecular weight excluding hydrogens is 396 g/mol. The minimum Gasteiger partial charge on any atom is -0.507 e. The molecule has 2 heterocycles. The minimum atomic E-state index is -0.836. The lowest BCUT2D eigenvalue weighted by Gasteiger charge is -2.23. The summed E-state index contributed by atoms with van der Waals surface area (Å²) in [5.41, 5.74) is 2.21. The molecule has 158 valence electrons. The Morgan fingerprint density at radius 1 is 1.13 bits per heavy atom. The van der Waals surface area contributed by atoms with Crippen molar-refractivity contribution in [2.24, 2.45) is 0 Å². The number of ketones is 1. The number of carbonyl (C=O) groups excluding carboxylic acids is 2. The molecule has 0 unspecified atom stereocenters. The second-order valence-corrected chi connectivity index (χ2v) is 7.29. The van der Waals surface area contributed by atoms with Gasteiger partial charge < -0.3 is 14.4 Å². The third-order valence-electron chi connectivity index (χ3n) is 5.37. The number of aromatic nitrogens is 1. The Morgan fingerprint density at radius 3 is 2.35 bits per heavy atom. The van der Waals surface area contributed by atoms with E-state index in [1.54, 1.807) is 44.4 Å². The summed E-state index contributed by atoms with van der Waals surface area (Å²) in [6, 6.07) is 15.0. The normalized spacial score (nSPS) is 17.9. The van der Waals surface area contributed by atoms with Gasteiger partial charge in [-0.25, -0.2) is 0 Å². The van der Waals surface area contributed by atoms with E-state index in [0.29, 0.717) is 22.6 Å². The smallest absolute Gasteiger partial charge is 0.301 e. The average Bonchev–Trinajstić information content (AvgIpc) is 3.34. The first kappa shape index (κ1) is 20.4. The van der Waals surface area contributed by atoms with E-state index in [0.717, 1.165) is 12.0 Å². The first-order valence-corrected chi connectivity index (χ1v) is 9.92. The second kappa shape index (κ2) is 8.10. The predicted molar refractivity (Wildman–Crippen MR) is 115 cm³/mol. The molecule has 0 saturated carbocycles. The molecule has 0 aliphatic carbocycles. The van der Waals surface area contributed by atoms with Crippen LogP contribution in [0.5, 0.6) is 5.75 Å². The van der Waals surface area contributed by atoms with Crippen LogP contribution < -0.4 is 9.64 Å². The van der Waals surface area contributed by atoms with Crippen LogP contribution in [0.15, 0.2) is 64.7 Å². The van der Waals surface area contributed by atoms with Crippen LogP contribution >= 0.6 is 0 Å². The molecule has 0 radical (unpaired) electrons. The number of hydrogen-bond acceptors (Lipinski definition) is 6. The van der Waals surface area contributed by atoms with E-state index in [4.69, 9.17) is 9.26 Å². The highest BCUT2D eigenvalue weighted by Crippen LogP contribution is 2.42. The lowest BCUT2D eigenvalue weighted by atomic mass is 9.94. The van der Waals surface area contributed by atoms with Gasteiger partial charge in [0, 0.05) is 11.6 Å². The molecule has 3 aromatic rings. The van der Waals surface area contributed by atoms with Crippen molar-refractivity contribution in [1.29, 1.82) is 0 Å². The van der Waals surface area contributed by atoms with Crippen molar-refractivity contribution in [2.45, 2.75) is 26.3 Å². The van der Waals surface area contributed by atoms with E-state index in [9.17, 15) is 14.7 Å². The highest BCUT2D eigenvalue weighted by Gasteiger charge is 2.48. The van der Waals surface area contributed by atoms with Crippen molar-refractivity contribution in [3.63, 3.8) is 0 Å². The van der Waals surface area contributed by atoms with Crippen molar-refractivity contribution in [3.8, 4) is 5.75 Å². The second-order valence-electron chi connectivity index (χ2n) is 7.29. The highest BCUT2D eigenvalue weighted by atomic mass is 16.5. The third kappa shape index (κ3) is 3.59. The monoisotopic (exact) mass is 418 g/mol. The maximum absolute atomic E-state index is 13.0. The summed E-state index contributed by atoms with van der Waals surface area (Å²) >= 11 is 0. The zero-order valence-corrected chi connectivity index (χ0v) is 17.5. The average molecular weight is 418 g/mol. The van der Waals surface area contributed by atoms with Crippen LogP contribution in [-0.2, 0) is 16.0 Å². The minimum absolute atomic E-state index is 0.0000633. The zero-order valence-electron chi connectivity index (χ0n) is 17.5. The molecule has 7 nitrogen and oxygen atoms in total. The van der Waals surface area contributed by atoms with Crippen molar-refractivity contribution in [2.75, 3.05) is 12.0 Å². The van der Waals surface area contributed by atoms with Gasteiger partial charge in [0.2, 0.25) is 0 Å². The van der Waals surface area contributed by atoms with Crippen molar-refractivity contribution in [3.05, 3.63) is 82.6 Å². The molecule has 7 heteroatoms. The van der Waals surface area contributed by atoms with Gasteiger partial charge >= 0.3 is 5.91 Å². The molecule has 31 heavy (non-hydrogen) atoms. The Kier molecular flexibility index (Phi) is 5.33. The molecule has 1 N–H and O–H groups in total. The van der Waals surface area contributed by atoms with Crippen LogP contribution in [0.4, 0.5) is 5.82 Å². The first-order chi connectivity index (χ1) is 14.9. The Hall–Kier alpha value is -3.87. The number of methoxy groups -OCH3 is 1.